The summed E-state index contributed by atoms with van der Waals surface area (Å²) in [7, 11) is 0. The molecular weight excluding hydrogens is 487 g/mol. The van der Waals surface area contributed by atoms with Crippen LogP contribution in [0.5, 0.6) is 0 Å². The molecule has 0 bridgehead atoms. The minimum absolute atomic E-state index is 0. The molecule has 0 unspecified atom stereocenters. The smallest absolute Gasteiger partial charge is 0.191 e. The van der Waals surface area contributed by atoms with Gasteiger partial charge in [0.05, 0.1) is 0 Å². The summed E-state index contributed by atoms with van der Waals surface area (Å²) in [5.41, 5.74) is 1.27. The zero-order valence-electron chi connectivity index (χ0n) is 18.6. The Morgan fingerprint density at radius 2 is 1.93 bits per heavy atom. The first-order chi connectivity index (χ1) is 14.1. The minimum Gasteiger partial charge on any atom is -0.357 e. The fourth-order valence-electron chi connectivity index (χ4n) is 3.86. The van der Waals surface area contributed by atoms with Gasteiger partial charge in [-0.05, 0) is 31.2 Å². The van der Waals surface area contributed by atoms with Gasteiger partial charge in [0, 0.05) is 51.2 Å². The van der Waals surface area contributed by atoms with E-state index >= 15 is 0 Å². The fraction of sp³-hybridized carbons (Fsp3) is 0.565. The van der Waals surface area contributed by atoms with Crippen molar-refractivity contribution in [3.8, 4) is 0 Å². The van der Waals surface area contributed by atoms with Crippen LogP contribution >= 0.6 is 24.0 Å². The normalized spacial score (nSPS) is 15.8. The molecule has 7 heteroatoms. The molecule has 0 radical (unpaired) electrons. The zero-order chi connectivity index (χ0) is 20.5. The van der Waals surface area contributed by atoms with Gasteiger partial charge in [-0.3, -0.25) is 0 Å². The summed E-state index contributed by atoms with van der Waals surface area (Å²) in [5, 5.41) is 7.03. The Labute approximate surface area is 198 Å². The molecule has 2 aromatic rings. The van der Waals surface area contributed by atoms with E-state index in [1.54, 1.807) is 0 Å². The topological polar surface area (TPSA) is 57.5 Å². The maximum absolute atomic E-state index is 4.82. The molecule has 0 amide bonds. The number of aliphatic imine (C=N–C) groups is 1. The minimum atomic E-state index is 0. The number of nitrogens with zero attached hydrogens (tertiary/aromatic N) is 4. The number of hydrogen-bond donors (Lipinski definition) is 2. The highest BCUT2D eigenvalue weighted by molar-refractivity contribution is 14.0. The van der Waals surface area contributed by atoms with E-state index in [2.05, 4.69) is 70.1 Å². The molecule has 6 nitrogen and oxygen atoms in total. The van der Waals surface area contributed by atoms with Crippen LogP contribution in [0.2, 0.25) is 0 Å². The van der Waals surface area contributed by atoms with Gasteiger partial charge in [-0.15, -0.1) is 24.0 Å². The van der Waals surface area contributed by atoms with Gasteiger partial charge in [-0.25, -0.2) is 9.98 Å². The van der Waals surface area contributed by atoms with Crippen LogP contribution in [-0.4, -0.2) is 52.6 Å². The highest BCUT2D eigenvalue weighted by Crippen LogP contribution is 2.12. The number of rotatable bonds is 8. The van der Waals surface area contributed by atoms with Crippen LogP contribution in [0.1, 0.15) is 45.0 Å². The van der Waals surface area contributed by atoms with Gasteiger partial charge in [0.1, 0.15) is 12.4 Å². The van der Waals surface area contributed by atoms with Crippen molar-refractivity contribution in [2.45, 2.75) is 52.7 Å². The maximum Gasteiger partial charge on any atom is 0.191 e. The van der Waals surface area contributed by atoms with Gasteiger partial charge in [-0.2, -0.15) is 0 Å². The molecule has 2 heterocycles. The molecule has 0 spiro atoms. The SMILES string of the molecule is CCNC(=NCc1nccn1Cc1ccccc1)NC1CCN(CC(C)C)CC1.I. The van der Waals surface area contributed by atoms with Crippen LogP contribution < -0.4 is 10.6 Å². The van der Waals surface area contributed by atoms with E-state index in [4.69, 9.17) is 4.99 Å². The molecule has 1 aromatic carbocycles. The average Bonchev–Trinajstić information content (AvgIpc) is 3.15. The van der Waals surface area contributed by atoms with E-state index in [1.807, 2.05) is 18.5 Å². The number of imidazole rings is 1. The Hall–Kier alpha value is -1.61. The van der Waals surface area contributed by atoms with Crippen LogP contribution in [0, 0.1) is 5.92 Å². The van der Waals surface area contributed by atoms with Crippen molar-refractivity contribution in [2.24, 2.45) is 10.9 Å². The van der Waals surface area contributed by atoms with Gasteiger partial charge in [0.25, 0.3) is 0 Å². The number of hydrogen-bond acceptors (Lipinski definition) is 3. The molecule has 1 aliphatic heterocycles. The third kappa shape index (κ3) is 7.91. The van der Waals surface area contributed by atoms with E-state index < -0.39 is 0 Å². The van der Waals surface area contributed by atoms with Gasteiger partial charge < -0.3 is 20.1 Å². The lowest BCUT2D eigenvalue weighted by Crippen LogP contribution is -2.49. The summed E-state index contributed by atoms with van der Waals surface area (Å²) in [4.78, 5) is 11.9. The Balaban J connectivity index is 0.00000320. The Morgan fingerprint density at radius 3 is 2.60 bits per heavy atom. The molecule has 166 valence electrons. The summed E-state index contributed by atoms with van der Waals surface area (Å²) in [5.74, 6) is 2.61. The Morgan fingerprint density at radius 1 is 1.20 bits per heavy atom. The molecule has 2 N–H and O–H groups in total. The molecule has 1 saturated heterocycles. The van der Waals surface area contributed by atoms with Crippen LogP contribution in [0.15, 0.2) is 47.7 Å². The standard InChI is InChI=1S/C23H36N6.HI/c1-4-24-23(27-21-10-13-28(14-11-21)17-19(2)3)26-16-22-25-12-15-29(22)18-20-8-6-5-7-9-20;/h5-9,12,15,19,21H,4,10-11,13-14,16-18H2,1-3H3,(H2,24,26,27);1H. The van der Waals surface area contributed by atoms with Crippen LogP contribution in [0.25, 0.3) is 0 Å². The highest BCUT2D eigenvalue weighted by atomic mass is 127. The first-order valence-corrected chi connectivity index (χ1v) is 10.9. The fourth-order valence-corrected chi connectivity index (χ4v) is 3.86. The molecule has 1 aliphatic rings. The average molecular weight is 524 g/mol. The lowest BCUT2D eigenvalue weighted by Gasteiger charge is -2.34. The zero-order valence-corrected chi connectivity index (χ0v) is 20.9. The molecular formula is C23H37IN6. The molecule has 0 atom stereocenters. The van der Waals surface area contributed by atoms with Gasteiger partial charge in [-0.1, -0.05) is 44.2 Å². The summed E-state index contributed by atoms with van der Waals surface area (Å²) in [6.45, 7) is 12.5. The first kappa shape index (κ1) is 24.7. The van der Waals surface area contributed by atoms with Gasteiger partial charge in [0.2, 0.25) is 0 Å². The molecule has 1 aromatic heterocycles. The van der Waals surface area contributed by atoms with E-state index in [-0.39, 0.29) is 24.0 Å². The maximum atomic E-state index is 4.82. The summed E-state index contributed by atoms with van der Waals surface area (Å²) < 4.78 is 2.17. The van der Waals surface area contributed by atoms with E-state index in [0.29, 0.717) is 12.6 Å². The molecule has 3 rings (SSSR count). The third-order valence-electron chi connectivity index (χ3n) is 5.27. The predicted octanol–water partition coefficient (Wildman–Crippen LogP) is 3.72. The summed E-state index contributed by atoms with van der Waals surface area (Å²) in [6.07, 6.45) is 6.22. The van der Waals surface area contributed by atoms with Crippen LogP contribution in [0.3, 0.4) is 0 Å². The van der Waals surface area contributed by atoms with Crippen molar-refractivity contribution in [3.63, 3.8) is 0 Å². The van der Waals surface area contributed by atoms with Crippen LogP contribution in [0.4, 0.5) is 0 Å². The molecule has 0 saturated carbocycles. The van der Waals surface area contributed by atoms with E-state index in [9.17, 15) is 0 Å². The highest BCUT2D eigenvalue weighted by Gasteiger charge is 2.20. The van der Waals surface area contributed by atoms with Crippen molar-refractivity contribution < 1.29 is 0 Å². The monoisotopic (exact) mass is 524 g/mol. The number of guanidine groups is 1. The first-order valence-electron chi connectivity index (χ1n) is 10.9. The predicted molar refractivity (Wildman–Crippen MR) is 135 cm³/mol. The van der Waals surface area contributed by atoms with Crippen molar-refractivity contribution in [1.29, 1.82) is 0 Å². The van der Waals surface area contributed by atoms with Crippen molar-refractivity contribution in [2.75, 3.05) is 26.2 Å². The lowest BCUT2D eigenvalue weighted by molar-refractivity contribution is 0.187. The summed E-state index contributed by atoms with van der Waals surface area (Å²) in [6, 6.07) is 11.0. The van der Waals surface area contributed by atoms with Gasteiger partial charge in [0.15, 0.2) is 5.96 Å². The number of halogens is 1. The molecule has 0 aliphatic carbocycles. The van der Waals surface area contributed by atoms with Gasteiger partial charge >= 0.3 is 0 Å². The van der Waals surface area contributed by atoms with Crippen molar-refractivity contribution in [3.05, 3.63) is 54.1 Å². The van der Waals surface area contributed by atoms with Crippen LogP contribution in [-0.2, 0) is 13.1 Å². The number of likely N-dealkylation sites (tertiary alicyclic amines) is 1. The van der Waals surface area contributed by atoms with Crippen molar-refractivity contribution in [1.82, 2.24) is 25.1 Å². The van der Waals surface area contributed by atoms with E-state index in [1.165, 1.54) is 24.9 Å². The molecule has 30 heavy (non-hydrogen) atoms. The number of aromatic nitrogens is 2. The lowest BCUT2D eigenvalue weighted by atomic mass is 10.0. The Bertz CT molecular complexity index is 750. The quantitative estimate of drug-likeness (QED) is 0.314. The Kier molecular flexibility index (Phi) is 10.6. The number of nitrogens with one attached hydrogen (secondary N) is 2. The van der Waals surface area contributed by atoms with E-state index in [0.717, 1.165) is 43.9 Å². The second-order valence-corrected chi connectivity index (χ2v) is 8.27. The molecule has 1 fully saturated rings. The number of piperidine rings is 1. The largest absolute Gasteiger partial charge is 0.357 e. The number of benzene rings is 1. The summed E-state index contributed by atoms with van der Waals surface area (Å²) >= 11 is 0. The third-order valence-corrected chi connectivity index (χ3v) is 5.27. The van der Waals surface area contributed by atoms with Crippen molar-refractivity contribution >= 4 is 29.9 Å². The second kappa shape index (κ2) is 12.9. The second-order valence-electron chi connectivity index (χ2n) is 8.27.